The van der Waals surface area contributed by atoms with Crippen LogP contribution in [0.5, 0.6) is 11.5 Å². The molecule has 23 heavy (non-hydrogen) atoms. The van der Waals surface area contributed by atoms with Gasteiger partial charge in [-0.05, 0) is 31.2 Å². The molecule has 1 aliphatic rings. The first kappa shape index (κ1) is 15.9. The Morgan fingerprint density at radius 3 is 2.61 bits per heavy atom. The van der Waals surface area contributed by atoms with Crippen molar-refractivity contribution in [3.05, 3.63) is 41.9 Å². The summed E-state index contributed by atoms with van der Waals surface area (Å²) in [6.07, 6.45) is -1.06. The molecule has 1 unspecified atom stereocenters. The molecule has 2 N–H and O–H groups in total. The molecule has 0 spiro atoms. The van der Waals surface area contributed by atoms with Gasteiger partial charge in [0, 0.05) is 12.6 Å². The van der Waals surface area contributed by atoms with E-state index in [1.54, 1.807) is 25.1 Å². The Bertz CT molecular complexity index is 798. The third-order valence-electron chi connectivity index (χ3n) is 3.38. The summed E-state index contributed by atoms with van der Waals surface area (Å²) >= 11 is 0. The summed E-state index contributed by atoms with van der Waals surface area (Å²) in [6, 6.07) is 7.70. The van der Waals surface area contributed by atoms with Gasteiger partial charge in [0.1, 0.15) is 30.8 Å². The number of aliphatic hydroxyl groups is 1. The fraction of sp³-hybridized carbons (Fsp3) is 0.333. The van der Waals surface area contributed by atoms with E-state index in [-0.39, 0.29) is 11.4 Å². The van der Waals surface area contributed by atoms with Crippen LogP contribution in [0.1, 0.15) is 17.6 Å². The van der Waals surface area contributed by atoms with Crippen LogP contribution < -0.4 is 14.2 Å². The highest BCUT2D eigenvalue weighted by Crippen LogP contribution is 2.32. The van der Waals surface area contributed by atoms with Crippen LogP contribution in [0.2, 0.25) is 0 Å². The molecule has 0 radical (unpaired) electrons. The predicted molar refractivity (Wildman–Crippen MR) is 81.0 cm³/mol. The molecular formula is C15H17NO6S. The molecule has 1 atom stereocenters. The van der Waals surface area contributed by atoms with E-state index in [9.17, 15) is 13.5 Å². The van der Waals surface area contributed by atoms with E-state index in [0.717, 1.165) is 0 Å². The van der Waals surface area contributed by atoms with Crippen molar-refractivity contribution in [2.24, 2.45) is 0 Å². The Labute approximate surface area is 133 Å². The van der Waals surface area contributed by atoms with Crippen LogP contribution in [0, 0.1) is 6.92 Å². The minimum atomic E-state index is -3.78. The minimum absolute atomic E-state index is 0.0459. The predicted octanol–water partition coefficient (Wildman–Crippen LogP) is 1.37. The number of nitrogens with one attached hydrogen (secondary N) is 1. The van der Waals surface area contributed by atoms with Crippen LogP contribution in [-0.2, 0) is 10.0 Å². The van der Waals surface area contributed by atoms with Crippen molar-refractivity contribution < 1.29 is 27.4 Å². The van der Waals surface area contributed by atoms with Gasteiger partial charge in [-0.15, -0.1) is 0 Å². The zero-order valence-corrected chi connectivity index (χ0v) is 13.3. The van der Waals surface area contributed by atoms with Crippen molar-refractivity contribution in [1.82, 2.24) is 4.72 Å². The van der Waals surface area contributed by atoms with E-state index < -0.39 is 16.1 Å². The number of hydrogen-bond acceptors (Lipinski definition) is 6. The topological polar surface area (TPSA) is 98.0 Å². The molecule has 1 aliphatic heterocycles. The van der Waals surface area contributed by atoms with Gasteiger partial charge < -0.3 is 19.0 Å². The number of furan rings is 1. The second-order valence-electron chi connectivity index (χ2n) is 5.12. The van der Waals surface area contributed by atoms with Gasteiger partial charge in [-0.25, -0.2) is 13.1 Å². The largest absolute Gasteiger partial charge is 0.486 e. The number of rotatable bonds is 5. The highest BCUT2D eigenvalue weighted by molar-refractivity contribution is 7.89. The zero-order chi connectivity index (χ0) is 16.4. The van der Waals surface area contributed by atoms with Gasteiger partial charge >= 0.3 is 0 Å². The number of aliphatic hydroxyl groups excluding tert-OH is 1. The van der Waals surface area contributed by atoms with Gasteiger partial charge in [0.2, 0.25) is 10.0 Å². The number of aryl methyl sites for hydroxylation is 1. The van der Waals surface area contributed by atoms with Crippen molar-refractivity contribution in [2.75, 3.05) is 19.8 Å². The van der Waals surface area contributed by atoms with Gasteiger partial charge in [-0.1, -0.05) is 0 Å². The van der Waals surface area contributed by atoms with Crippen LogP contribution in [0.15, 0.2) is 39.6 Å². The SMILES string of the molecule is Cc1ccc(C(O)CNS(=O)(=O)c2ccc3c(c2)OCCO3)o1. The van der Waals surface area contributed by atoms with E-state index in [1.807, 2.05) is 0 Å². The fourth-order valence-corrected chi connectivity index (χ4v) is 3.25. The van der Waals surface area contributed by atoms with Crippen molar-refractivity contribution in [3.8, 4) is 11.5 Å². The summed E-state index contributed by atoms with van der Waals surface area (Å²) in [6.45, 7) is 2.37. The van der Waals surface area contributed by atoms with E-state index in [0.29, 0.717) is 36.2 Å². The zero-order valence-electron chi connectivity index (χ0n) is 12.5. The van der Waals surface area contributed by atoms with E-state index in [2.05, 4.69) is 4.72 Å². The van der Waals surface area contributed by atoms with Crippen molar-refractivity contribution in [3.63, 3.8) is 0 Å². The fourth-order valence-electron chi connectivity index (χ4n) is 2.20. The summed E-state index contributed by atoms with van der Waals surface area (Å²) in [7, 11) is -3.78. The Hall–Kier alpha value is -2.03. The molecule has 3 rings (SSSR count). The molecule has 1 aromatic carbocycles. The van der Waals surface area contributed by atoms with Gasteiger partial charge in [0.15, 0.2) is 11.5 Å². The van der Waals surface area contributed by atoms with Crippen molar-refractivity contribution in [1.29, 1.82) is 0 Å². The molecular weight excluding hydrogens is 322 g/mol. The van der Waals surface area contributed by atoms with Crippen molar-refractivity contribution >= 4 is 10.0 Å². The quantitative estimate of drug-likeness (QED) is 0.854. The smallest absolute Gasteiger partial charge is 0.240 e. The summed E-state index contributed by atoms with van der Waals surface area (Å²) in [5, 5.41) is 9.97. The lowest BCUT2D eigenvalue weighted by Gasteiger charge is -2.19. The molecule has 8 heteroatoms. The van der Waals surface area contributed by atoms with Crippen LogP contribution in [-0.4, -0.2) is 33.3 Å². The molecule has 0 aliphatic carbocycles. The second-order valence-corrected chi connectivity index (χ2v) is 6.89. The summed E-state index contributed by atoms with van der Waals surface area (Å²) in [5.74, 6) is 1.86. The summed E-state index contributed by atoms with van der Waals surface area (Å²) < 4.78 is 43.0. The average molecular weight is 339 g/mol. The average Bonchev–Trinajstić information content (AvgIpc) is 2.99. The monoisotopic (exact) mass is 339 g/mol. The van der Waals surface area contributed by atoms with Gasteiger partial charge in [-0.3, -0.25) is 0 Å². The third-order valence-corrected chi connectivity index (χ3v) is 4.80. The number of benzene rings is 1. The minimum Gasteiger partial charge on any atom is -0.486 e. The molecule has 7 nitrogen and oxygen atoms in total. The molecule has 2 heterocycles. The normalized spacial score (nSPS) is 15.4. The lowest BCUT2D eigenvalue weighted by atomic mass is 10.3. The standard InChI is InChI=1S/C15H17NO6S/c1-10-2-4-13(22-10)12(17)9-16-23(18,19)11-3-5-14-15(8-11)21-7-6-20-14/h2-5,8,12,16-17H,6-7,9H2,1H3. The van der Waals surface area contributed by atoms with E-state index in [4.69, 9.17) is 13.9 Å². The molecule has 0 fully saturated rings. The first-order valence-corrected chi connectivity index (χ1v) is 8.58. The number of fused-ring (bicyclic) bond motifs is 1. The van der Waals surface area contributed by atoms with Crippen LogP contribution in [0.4, 0.5) is 0 Å². The molecule has 124 valence electrons. The Morgan fingerprint density at radius 1 is 1.17 bits per heavy atom. The van der Waals surface area contributed by atoms with Crippen LogP contribution >= 0.6 is 0 Å². The van der Waals surface area contributed by atoms with Crippen molar-refractivity contribution in [2.45, 2.75) is 17.9 Å². The number of sulfonamides is 1. The first-order chi connectivity index (χ1) is 11.0. The maximum atomic E-state index is 12.3. The molecule has 0 bridgehead atoms. The van der Waals surface area contributed by atoms with E-state index in [1.165, 1.54) is 12.1 Å². The maximum absolute atomic E-state index is 12.3. The van der Waals surface area contributed by atoms with Gasteiger partial charge in [-0.2, -0.15) is 0 Å². The summed E-state index contributed by atoms with van der Waals surface area (Å²) in [4.78, 5) is 0.0459. The molecule has 0 saturated heterocycles. The third kappa shape index (κ3) is 3.49. The van der Waals surface area contributed by atoms with Crippen LogP contribution in [0.3, 0.4) is 0 Å². The molecule has 0 amide bonds. The lowest BCUT2D eigenvalue weighted by Crippen LogP contribution is -2.28. The number of hydrogen-bond donors (Lipinski definition) is 2. The van der Waals surface area contributed by atoms with Crippen LogP contribution in [0.25, 0.3) is 0 Å². The molecule has 2 aromatic rings. The highest BCUT2D eigenvalue weighted by atomic mass is 32.2. The Kier molecular flexibility index (Phi) is 4.29. The maximum Gasteiger partial charge on any atom is 0.240 e. The lowest BCUT2D eigenvalue weighted by molar-refractivity contribution is 0.152. The molecule has 0 saturated carbocycles. The first-order valence-electron chi connectivity index (χ1n) is 7.09. The Morgan fingerprint density at radius 2 is 1.91 bits per heavy atom. The van der Waals surface area contributed by atoms with E-state index >= 15 is 0 Å². The second kappa shape index (κ2) is 6.23. The number of ether oxygens (including phenoxy) is 2. The van der Waals surface area contributed by atoms with Gasteiger partial charge in [0.25, 0.3) is 0 Å². The highest BCUT2D eigenvalue weighted by Gasteiger charge is 2.21. The molecule has 1 aromatic heterocycles. The Balaban J connectivity index is 1.71. The van der Waals surface area contributed by atoms with Gasteiger partial charge in [0.05, 0.1) is 4.90 Å². The summed E-state index contributed by atoms with van der Waals surface area (Å²) in [5.41, 5.74) is 0.